The highest BCUT2D eigenvalue weighted by Gasteiger charge is 2.29. The summed E-state index contributed by atoms with van der Waals surface area (Å²) in [6, 6.07) is 11.4. The van der Waals surface area contributed by atoms with Gasteiger partial charge in [0.1, 0.15) is 0 Å². The lowest BCUT2D eigenvalue weighted by atomic mass is 9.81. The summed E-state index contributed by atoms with van der Waals surface area (Å²) in [6.45, 7) is 2.50. The van der Waals surface area contributed by atoms with E-state index in [2.05, 4.69) is 16.1 Å². The van der Waals surface area contributed by atoms with E-state index in [0.29, 0.717) is 17.6 Å². The quantitative estimate of drug-likeness (QED) is 0.403. The Morgan fingerprint density at radius 2 is 1.69 bits per heavy atom. The Kier molecular flexibility index (Phi) is 5.73. The molecule has 0 bridgehead atoms. The van der Waals surface area contributed by atoms with Gasteiger partial charge in [-0.2, -0.15) is 5.10 Å². The third-order valence-electron chi connectivity index (χ3n) is 7.77. The summed E-state index contributed by atoms with van der Waals surface area (Å²) in [6.07, 6.45) is 14.7. The third kappa shape index (κ3) is 4.08. The number of likely N-dealkylation sites (tertiary alicyclic amines) is 1. The fourth-order valence-corrected chi connectivity index (χ4v) is 7.22. The van der Waals surface area contributed by atoms with Crippen molar-refractivity contribution >= 4 is 21.1 Å². The number of rotatable bonds is 5. The van der Waals surface area contributed by atoms with Gasteiger partial charge in [0.25, 0.3) is 10.0 Å². The van der Waals surface area contributed by atoms with E-state index in [0.717, 1.165) is 29.4 Å². The number of hydrogen-bond acceptors (Lipinski definition) is 5. The van der Waals surface area contributed by atoms with Crippen molar-refractivity contribution in [2.24, 2.45) is 7.05 Å². The van der Waals surface area contributed by atoms with Gasteiger partial charge in [-0.1, -0.05) is 18.2 Å². The zero-order valence-corrected chi connectivity index (χ0v) is 20.9. The van der Waals surface area contributed by atoms with Crippen LogP contribution in [0, 0.1) is 0 Å². The normalized spacial score (nSPS) is 21.6. The molecule has 1 saturated carbocycles. The first kappa shape index (κ1) is 22.5. The van der Waals surface area contributed by atoms with E-state index < -0.39 is 10.0 Å². The van der Waals surface area contributed by atoms with Gasteiger partial charge >= 0.3 is 0 Å². The molecule has 0 unspecified atom stereocenters. The highest BCUT2D eigenvalue weighted by molar-refractivity contribution is 7.90. The number of pyridine rings is 1. The molecule has 0 atom stereocenters. The second-order valence-corrected chi connectivity index (χ2v) is 11.8. The van der Waals surface area contributed by atoms with Gasteiger partial charge in [-0.05, 0) is 81.3 Å². The van der Waals surface area contributed by atoms with Gasteiger partial charge in [-0.25, -0.2) is 17.4 Å². The fourth-order valence-electron chi connectivity index (χ4n) is 5.88. The summed E-state index contributed by atoms with van der Waals surface area (Å²) < 4.78 is 30.2. The zero-order chi connectivity index (χ0) is 24.0. The molecule has 7 nitrogen and oxygen atoms in total. The second kappa shape index (κ2) is 8.91. The summed E-state index contributed by atoms with van der Waals surface area (Å²) in [5.74, 6) is 0.460. The van der Waals surface area contributed by atoms with Gasteiger partial charge in [0.05, 0.1) is 11.1 Å². The minimum atomic E-state index is -3.78. The average Bonchev–Trinajstić information content (AvgIpc) is 3.64. The van der Waals surface area contributed by atoms with Gasteiger partial charge in [-0.15, -0.1) is 0 Å². The average molecular weight is 490 g/mol. The number of fused-ring (bicyclic) bond motifs is 1. The minimum absolute atomic E-state index is 0.251. The van der Waals surface area contributed by atoms with Crippen molar-refractivity contribution in [3.63, 3.8) is 0 Å². The lowest BCUT2D eigenvalue weighted by Gasteiger charge is -2.34. The van der Waals surface area contributed by atoms with Gasteiger partial charge in [-0.3, -0.25) is 4.68 Å². The maximum absolute atomic E-state index is 13.5. The lowest BCUT2D eigenvalue weighted by molar-refractivity contribution is 0.182. The highest BCUT2D eigenvalue weighted by Crippen LogP contribution is 2.39. The SMILES string of the molecule is Cn1cc(-c2cn(S(=O)(=O)c3ccccc3)c3ncc([C@H]4CC[C@H](N5CCCC5)CC4)cc23)cn1. The van der Waals surface area contributed by atoms with Crippen LogP contribution in [-0.4, -0.2) is 51.2 Å². The Labute approximate surface area is 206 Å². The molecule has 0 amide bonds. The Balaban J connectivity index is 1.39. The molecule has 1 aromatic carbocycles. The van der Waals surface area contributed by atoms with Crippen molar-refractivity contribution < 1.29 is 8.42 Å². The molecule has 8 heteroatoms. The molecule has 1 aliphatic carbocycles. The van der Waals surface area contributed by atoms with E-state index in [1.54, 1.807) is 41.3 Å². The maximum Gasteiger partial charge on any atom is 0.269 e. The summed E-state index contributed by atoms with van der Waals surface area (Å²) >= 11 is 0. The summed E-state index contributed by atoms with van der Waals surface area (Å²) in [5, 5.41) is 5.18. The van der Waals surface area contributed by atoms with Crippen LogP contribution in [0.4, 0.5) is 0 Å². The number of benzene rings is 1. The summed E-state index contributed by atoms with van der Waals surface area (Å²) in [4.78, 5) is 7.67. The molecule has 0 radical (unpaired) electrons. The zero-order valence-electron chi connectivity index (χ0n) is 20.0. The third-order valence-corrected chi connectivity index (χ3v) is 9.44. The molecule has 6 rings (SSSR count). The number of aromatic nitrogens is 4. The van der Waals surface area contributed by atoms with Crippen LogP contribution in [0.15, 0.2) is 66.1 Å². The molecule has 2 fully saturated rings. The van der Waals surface area contributed by atoms with E-state index in [4.69, 9.17) is 4.98 Å². The summed E-state index contributed by atoms with van der Waals surface area (Å²) in [7, 11) is -1.91. The molecule has 182 valence electrons. The van der Waals surface area contributed by atoms with Gasteiger partial charge in [0.15, 0.2) is 5.65 Å². The molecule has 0 spiro atoms. The first-order valence-corrected chi connectivity index (χ1v) is 14.0. The lowest BCUT2D eigenvalue weighted by Crippen LogP contribution is -2.35. The molecule has 35 heavy (non-hydrogen) atoms. The van der Waals surface area contributed by atoms with Crippen LogP contribution in [-0.2, 0) is 17.1 Å². The van der Waals surface area contributed by atoms with Gasteiger partial charge in [0, 0.05) is 48.2 Å². The number of hydrogen-bond donors (Lipinski definition) is 0. The Morgan fingerprint density at radius 1 is 0.943 bits per heavy atom. The topological polar surface area (TPSA) is 73.0 Å². The molecular weight excluding hydrogens is 458 g/mol. The maximum atomic E-state index is 13.5. The standard InChI is InChI=1S/C27H31N5O2S/c1-30-18-22(17-29-30)26-19-32(35(33,34)24-7-3-2-4-8-24)27-25(26)15-21(16-28-27)20-9-11-23(12-10-20)31-13-5-6-14-31/h2-4,7-8,15-20,23H,5-6,9-14H2,1H3/t20-,23-. The van der Waals surface area contributed by atoms with Crippen LogP contribution >= 0.6 is 0 Å². The van der Waals surface area contributed by atoms with E-state index >= 15 is 0 Å². The van der Waals surface area contributed by atoms with Gasteiger partial charge in [0.2, 0.25) is 0 Å². The van der Waals surface area contributed by atoms with Crippen molar-refractivity contribution in [3.8, 4) is 11.1 Å². The molecule has 1 aliphatic heterocycles. The summed E-state index contributed by atoms with van der Waals surface area (Å²) in [5.41, 5.74) is 3.39. The van der Waals surface area contributed by atoms with Crippen molar-refractivity contribution in [2.75, 3.05) is 13.1 Å². The molecular formula is C27H31N5O2S. The first-order chi connectivity index (χ1) is 17.0. The Hall–Kier alpha value is -2.97. The van der Waals surface area contributed by atoms with E-state index in [1.807, 2.05) is 25.5 Å². The Bertz CT molecular complexity index is 1440. The molecule has 0 N–H and O–H groups in total. The Morgan fingerprint density at radius 3 is 2.37 bits per heavy atom. The molecule has 3 aromatic heterocycles. The monoisotopic (exact) mass is 489 g/mol. The van der Waals surface area contributed by atoms with Crippen LogP contribution < -0.4 is 0 Å². The van der Waals surface area contributed by atoms with Crippen molar-refractivity contribution in [1.82, 2.24) is 23.6 Å². The molecule has 4 aromatic rings. The second-order valence-electron chi connectivity index (χ2n) is 9.95. The predicted octanol–water partition coefficient (Wildman–Crippen LogP) is 4.80. The number of aryl methyl sites for hydroxylation is 1. The van der Waals surface area contributed by atoms with E-state index in [1.165, 1.54) is 48.3 Å². The van der Waals surface area contributed by atoms with Crippen molar-refractivity contribution in [2.45, 2.75) is 55.4 Å². The van der Waals surface area contributed by atoms with E-state index in [-0.39, 0.29) is 4.90 Å². The van der Waals surface area contributed by atoms with E-state index in [9.17, 15) is 8.42 Å². The van der Waals surface area contributed by atoms with Crippen molar-refractivity contribution in [3.05, 3.63) is 66.7 Å². The van der Waals surface area contributed by atoms with Crippen LogP contribution in [0.25, 0.3) is 22.2 Å². The van der Waals surface area contributed by atoms with Crippen molar-refractivity contribution in [1.29, 1.82) is 0 Å². The first-order valence-electron chi connectivity index (χ1n) is 12.6. The predicted molar refractivity (Wildman–Crippen MR) is 137 cm³/mol. The number of nitrogens with zero attached hydrogens (tertiary/aromatic N) is 5. The molecule has 4 heterocycles. The van der Waals surface area contributed by atoms with Crippen LogP contribution in [0.2, 0.25) is 0 Å². The minimum Gasteiger partial charge on any atom is -0.300 e. The largest absolute Gasteiger partial charge is 0.300 e. The smallest absolute Gasteiger partial charge is 0.269 e. The van der Waals surface area contributed by atoms with Crippen LogP contribution in [0.1, 0.15) is 50.0 Å². The van der Waals surface area contributed by atoms with Gasteiger partial charge < -0.3 is 4.90 Å². The van der Waals surface area contributed by atoms with Crippen LogP contribution in [0.3, 0.4) is 0 Å². The molecule has 1 saturated heterocycles. The fraction of sp³-hybridized carbons (Fsp3) is 0.407. The molecule has 2 aliphatic rings. The highest BCUT2D eigenvalue weighted by atomic mass is 32.2. The van der Waals surface area contributed by atoms with Crippen LogP contribution in [0.5, 0.6) is 0 Å².